The second-order valence-electron chi connectivity index (χ2n) is 5.48. The summed E-state index contributed by atoms with van der Waals surface area (Å²) in [6.45, 7) is 4.88. The van der Waals surface area contributed by atoms with Gasteiger partial charge >= 0.3 is 0 Å². The van der Waals surface area contributed by atoms with Crippen molar-refractivity contribution < 1.29 is 14.3 Å². The first-order valence-corrected chi connectivity index (χ1v) is 8.15. The van der Waals surface area contributed by atoms with Crippen molar-refractivity contribution in [1.82, 2.24) is 15.1 Å². The Bertz CT molecular complexity index is 757. The molecular weight excluding hydrogens is 362 g/mol. The Morgan fingerprint density at radius 3 is 2.61 bits per heavy atom. The van der Waals surface area contributed by atoms with Gasteiger partial charge in [0.25, 0.3) is 5.91 Å². The molecule has 1 aromatic carbocycles. The number of amides is 1. The lowest BCUT2D eigenvalue weighted by molar-refractivity contribution is 0.0939. The third-order valence-electron chi connectivity index (χ3n) is 3.96. The van der Waals surface area contributed by atoms with E-state index < -0.39 is 0 Å². The van der Waals surface area contributed by atoms with E-state index in [1.807, 2.05) is 33.0 Å². The van der Waals surface area contributed by atoms with Crippen molar-refractivity contribution in [3.63, 3.8) is 0 Å². The Morgan fingerprint density at radius 2 is 2.00 bits per heavy atom. The van der Waals surface area contributed by atoms with Crippen molar-refractivity contribution in [3.8, 4) is 11.5 Å². The van der Waals surface area contributed by atoms with E-state index in [1.165, 1.54) is 0 Å². The zero-order chi connectivity index (χ0) is 16.6. The number of benzene rings is 1. The second-order valence-corrected chi connectivity index (χ2v) is 6.33. The van der Waals surface area contributed by atoms with Gasteiger partial charge in [-0.2, -0.15) is 5.10 Å². The van der Waals surface area contributed by atoms with Crippen molar-refractivity contribution >= 4 is 21.8 Å². The van der Waals surface area contributed by atoms with Gasteiger partial charge in [0.2, 0.25) is 0 Å². The molecule has 0 radical (unpaired) electrons. The van der Waals surface area contributed by atoms with E-state index in [0.717, 1.165) is 15.7 Å². The number of aryl methyl sites for hydroxylation is 1. The van der Waals surface area contributed by atoms with Gasteiger partial charge in [-0.25, -0.2) is 0 Å². The molecule has 0 saturated heterocycles. The van der Waals surface area contributed by atoms with Gasteiger partial charge in [-0.15, -0.1) is 0 Å². The smallest absolute Gasteiger partial charge is 0.255 e. The first kappa shape index (κ1) is 15.9. The highest BCUT2D eigenvalue weighted by Gasteiger charge is 2.21. The fourth-order valence-corrected chi connectivity index (χ4v) is 3.15. The highest BCUT2D eigenvalue weighted by atomic mass is 79.9. The van der Waals surface area contributed by atoms with Crippen LogP contribution in [0.2, 0.25) is 0 Å². The van der Waals surface area contributed by atoms with E-state index in [1.54, 1.807) is 10.9 Å². The maximum Gasteiger partial charge on any atom is 0.255 e. The van der Waals surface area contributed by atoms with Gasteiger partial charge in [0.05, 0.1) is 17.8 Å². The van der Waals surface area contributed by atoms with Gasteiger partial charge < -0.3 is 14.8 Å². The normalized spacial score (nSPS) is 14.4. The van der Waals surface area contributed by atoms with E-state index >= 15 is 0 Å². The van der Waals surface area contributed by atoms with Crippen LogP contribution in [0.4, 0.5) is 0 Å². The lowest BCUT2D eigenvalue weighted by Crippen LogP contribution is -2.27. The highest BCUT2D eigenvalue weighted by Crippen LogP contribution is 2.37. The maximum absolute atomic E-state index is 12.4. The Hall–Kier alpha value is -2.02. The van der Waals surface area contributed by atoms with Crippen LogP contribution in [0, 0.1) is 6.92 Å². The molecule has 7 heteroatoms. The fraction of sp³-hybridized carbons (Fsp3) is 0.375. The van der Waals surface area contributed by atoms with E-state index in [9.17, 15) is 4.79 Å². The molecule has 0 spiro atoms. The Balaban J connectivity index is 1.82. The van der Waals surface area contributed by atoms with Gasteiger partial charge in [-0.3, -0.25) is 9.48 Å². The number of hydrogen-bond donors (Lipinski definition) is 1. The minimum Gasteiger partial charge on any atom is -0.486 e. The minimum absolute atomic E-state index is 0.148. The molecule has 1 unspecified atom stereocenters. The molecule has 0 fully saturated rings. The highest BCUT2D eigenvalue weighted by molar-refractivity contribution is 9.10. The number of fused-ring (bicyclic) bond motifs is 1. The molecular formula is C16H18BrN3O3. The molecule has 0 saturated carbocycles. The van der Waals surface area contributed by atoms with Crippen LogP contribution in [0.3, 0.4) is 0 Å². The molecule has 23 heavy (non-hydrogen) atoms. The average Bonchev–Trinajstić information content (AvgIpc) is 2.86. The van der Waals surface area contributed by atoms with Crippen LogP contribution in [0.5, 0.6) is 11.5 Å². The molecule has 1 aromatic heterocycles. The quantitative estimate of drug-likeness (QED) is 0.890. The third-order valence-corrected chi connectivity index (χ3v) is 4.64. The monoisotopic (exact) mass is 379 g/mol. The summed E-state index contributed by atoms with van der Waals surface area (Å²) >= 11 is 3.54. The molecule has 2 aromatic rings. The lowest BCUT2D eigenvalue weighted by atomic mass is 10.1. The van der Waals surface area contributed by atoms with Gasteiger partial charge in [0.15, 0.2) is 11.5 Å². The number of carbonyl (C=O) groups excluding carboxylic acids is 1. The number of ether oxygens (including phenoxy) is 2. The van der Waals surface area contributed by atoms with E-state index in [0.29, 0.717) is 30.3 Å². The summed E-state index contributed by atoms with van der Waals surface area (Å²) in [4.78, 5) is 12.4. The van der Waals surface area contributed by atoms with E-state index in [4.69, 9.17) is 9.47 Å². The van der Waals surface area contributed by atoms with Gasteiger partial charge in [0.1, 0.15) is 13.2 Å². The molecule has 1 amide bonds. The predicted octanol–water partition coefficient (Wildman–Crippen LogP) is 2.75. The molecule has 6 nitrogen and oxygen atoms in total. The van der Waals surface area contributed by atoms with Crippen LogP contribution in [0.1, 0.15) is 34.6 Å². The van der Waals surface area contributed by atoms with Crippen molar-refractivity contribution in [2.75, 3.05) is 13.2 Å². The minimum atomic E-state index is -0.188. The first-order valence-electron chi connectivity index (χ1n) is 7.36. The van der Waals surface area contributed by atoms with Crippen LogP contribution in [-0.4, -0.2) is 28.9 Å². The van der Waals surface area contributed by atoms with Crippen LogP contribution >= 0.6 is 15.9 Å². The predicted molar refractivity (Wildman–Crippen MR) is 89.0 cm³/mol. The van der Waals surface area contributed by atoms with Crippen LogP contribution in [-0.2, 0) is 7.05 Å². The lowest BCUT2D eigenvalue weighted by Gasteiger charge is -2.22. The average molecular weight is 380 g/mol. The first-order chi connectivity index (χ1) is 11.0. The van der Waals surface area contributed by atoms with Crippen molar-refractivity contribution in [1.29, 1.82) is 0 Å². The molecule has 0 aliphatic carbocycles. The fourth-order valence-electron chi connectivity index (χ4n) is 2.49. The molecule has 1 atom stereocenters. The van der Waals surface area contributed by atoms with E-state index in [-0.39, 0.29) is 11.9 Å². The topological polar surface area (TPSA) is 65.4 Å². The van der Waals surface area contributed by atoms with E-state index in [2.05, 4.69) is 26.3 Å². The van der Waals surface area contributed by atoms with Crippen LogP contribution < -0.4 is 14.8 Å². The standard InChI is InChI=1S/C16H18BrN3O3/c1-9(19-16(21)12-8-18-20(3)10(12)2)11-6-14-15(7-13(11)17)23-5-4-22-14/h6-9H,4-5H2,1-3H3,(H,19,21). The molecule has 1 N–H and O–H groups in total. The number of nitrogens with zero attached hydrogens (tertiary/aromatic N) is 2. The Morgan fingerprint density at radius 1 is 1.35 bits per heavy atom. The maximum atomic E-state index is 12.4. The van der Waals surface area contributed by atoms with Crippen molar-refractivity contribution in [2.24, 2.45) is 7.05 Å². The summed E-state index contributed by atoms with van der Waals surface area (Å²) in [6, 6.07) is 3.59. The summed E-state index contributed by atoms with van der Waals surface area (Å²) in [5, 5.41) is 7.10. The molecule has 3 rings (SSSR count). The number of rotatable bonds is 3. The van der Waals surface area contributed by atoms with Crippen molar-refractivity contribution in [3.05, 3.63) is 39.6 Å². The largest absolute Gasteiger partial charge is 0.486 e. The molecule has 122 valence electrons. The number of hydrogen-bond acceptors (Lipinski definition) is 4. The molecule has 0 bridgehead atoms. The van der Waals surface area contributed by atoms with Crippen molar-refractivity contribution in [2.45, 2.75) is 19.9 Å². The zero-order valence-corrected chi connectivity index (χ0v) is 14.8. The summed E-state index contributed by atoms with van der Waals surface area (Å²) in [7, 11) is 1.81. The Kier molecular flexibility index (Phi) is 4.30. The second kappa shape index (κ2) is 6.23. The summed E-state index contributed by atoms with van der Waals surface area (Å²) in [6.07, 6.45) is 1.58. The summed E-state index contributed by atoms with van der Waals surface area (Å²) in [5.41, 5.74) is 2.34. The van der Waals surface area contributed by atoms with Crippen LogP contribution in [0.25, 0.3) is 0 Å². The van der Waals surface area contributed by atoms with Gasteiger partial charge in [0, 0.05) is 17.2 Å². The molecule has 2 heterocycles. The number of nitrogens with one attached hydrogen (secondary N) is 1. The SMILES string of the molecule is Cc1c(C(=O)NC(C)c2cc3c(cc2Br)OCCO3)cnn1C. The third kappa shape index (κ3) is 3.06. The number of carbonyl (C=O) groups is 1. The zero-order valence-electron chi connectivity index (χ0n) is 13.2. The summed E-state index contributed by atoms with van der Waals surface area (Å²) < 4.78 is 13.7. The molecule has 1 aliphatic heterocycles. The van der Waals surface area contributed by atoms with Crippen LogP contribution in [0.15, 0.2) is 22.8 Å². The Labute approximate surface area is 142 Å². The molecule has 1 aliphatic rings. The van der Waals surface area contributed by atoms with Gasteiger partial charge in [-0.1, -0.05) is 15.9 Å². The number of aromatic nitrogens is 2. The number of halogens is 1. The van der Waals surface area contributed by atoms with Gasteiger partial charge in [-0.05, 0) is 31.5 Å². The summed E-state index contributed by atoms with van der Waals surface area (Å²) in [5.74, 6) is 1.27.